The lowest BCUT2D eigenvalue weighted by atomic mass is 10.2. The molecule has 0 spiro atoms. The Balaban J connectivity index is 1.96. The van der Waals surface area contributed by atoms with Gasteiger partial charge in [-0.25, -0.2) is 4.39 Å². The Morgan fingerprint density at radius 3 is 2.73 bits per heavy atom. The van der Waals surface area contributed by atoms with E-state index >= 15 is 0 Å². The summed E-state index contributed by atoms with van der Waals surface area (Å²) in [4.78, 5) is 11.6. The molecule has 15 heavy (non-hydrogen) atoms. The van der Waals surface area contributed by atoms with Gasteiger partial charge >= 0.3 is 0 Å². The van der Waals surface area contributed by atoms with E-state index in [0.717, 1.165) is 19.4 Å². The predicted molar refractivity (Wildman–Crippen MR) is 56.1 cm³/mol. The van der Waals surface area contributed by atoms with Crippen molar-refractivity contribution in [3.8, 4) is 0 Å². The molecule has 0 radical (unpaired) electrons. The van der Waals surface area contributed by atoms with Crippen molar-refractivity contribution in [2.24, 2.45) is 0 Å². The van der Waals surface area contributed by atoms with E-state index in [-0.39, 0.29) is 17.8 Å². The van der Waals surface area contributed by atoms with Gasteiger partial charge in [-0.05, 0) is 43.7 Å². The number of hydrogen-bond donors (Lipinski definition) is 2. The molecule has 1 aromatic carbocycles. The highest BCUT2D eigenvalue weighted by Gasteiger charge is 2.21. The van der Waals surface area contributed by atoms with Gasteiger partial charge in [0, 0.05) is 5.69 Å². The fraction of sp³-hybridized carbons (Fsp3) is 0.364. The monoisotopic (exact) mass is 208 g/mol. The van der Waals surface area contributed by atoms with Gasteiger partial charge in [-0.15, -0.1) is 0 Å². The van der Waals surface area contributed by atoms with Crippen molar-refractivity contribution in [3.05, 3.63) is 30.1 Å². The minimum atomic E-state index is -0.299. The van der Waals surface area contributed by atoms with Gasteiger partial charge in [0.1, 0.15) is 5.82 Å². The first-order valence-electron chi connectivity index (χ1n) is 5.05. The normalized spacial score (nSPS) is 20.2. The van der Waals surface area contributed by atoms with Gasteiger partial charge in [-0.1, -0.05) is 0 Å². The molecule has 2 rings (SSSR count). The van der Waals surface area contributed by atoms with Crippen molar-refractivity contribution in [1.82, 2.24) is 5.32 Å². The highest BCUT2D eigenvalue weighted by molar-refractivity contribution is 5.94. The first-order chi connectivity index (χ1) is 7.25. The average Bonchev–Trinajstić information content (AvgIpc) is 2.74. The molecule has 1 aliphatic rings. The number of amides is 1. The molecule has 0 aliphatic carbocycles. The quantitative estimate of drug-likeness (QED) is 0.773. The molecule has 1 atom stereocenters. The third-order valence-corrected chi connectivity index (χ3v) is 2.49. The molecule has 1 aliphatic heterocycles. The fourth-order valence-electron chi connectivity index (χ4n) is 1.67. The summed E-state index contributed by atoms with van der Waals surface area (Å²) < 4.78 is 12.6. The minimum Gasteiger partial charge on any atom is -0.325 e. The van der Waals surface area contributed by atoms with E-state index in [2.05, 4.69) is 10.6 Å². The molecule has 80 valence electrons. The third kappa shape index (κ3) is 2.53. The van der Waals surface area contributed by atoms with Crippen LogP contribution in [0.15, 0.2) is 24.3 Å². The summed E-state index contributed by atoms with van der Waals surface area (Å²) in [5.74, 6) is -0.342. The van der Waals surface area contributed by atoms with E-state index in [1.54, 1.807) is 12.1 Å². The molecule has 2 N–H and O–H groups in total. The van der Waals surface area contributed by atoms with Crippen LogP contribution in [-0.2, 0) is 4.79 Å². The second-order valence-electron chi connectivity index (χ2n) is 3.65. The van der Waals surface area contributed by atoms with E-state index in [9.17, 15) is 9.18 Å². The number of anilines is 1. The van der Waals surface area contributed by atoms with Gasteiger partial charge < -0.3 is 10.6 Å². The molecule has 1 unspecified atom stereocenters. The number of carbonyl (C=O) groups is 1. The Morgan fingerprint density at radius 2 is 2.13 bits per heavy atom. The van der Waals surface area contributed by atoms with Crippen molar-refractivity contribution in [2.45, 2.75) is 18.9 Å². The second kappa shape index (κ2) is 4.40. The van der Waals surface area contributed by atoms with E-state index < -0.39 is 0 Å². The highest BCUT2D eigenvalue weighted by Crippen LogP contribution is 2.11. The van der Waals surface area contributed by atoms with E-state index in [1.165, 1.54) is 12.1 Å². The van der Waals surface area contributed by atoms with Crippen LogP contribution in [0.3, 0.4) is 0 Å². The lowest BCUT2D eigenvalue weighted by molar-refractivity contribution is -0.117. The topological polar surface area (TPSA) is 41.1 Å². The number of nitrogens with one attached hydrogen (secondary N) is 2. The second-order valence-corrected chi connectivity index (χ2v) is 3.65. The number of rotatable bonds is 2. The molecule has 1 fully saturated rings. The standard InChI is InChI=1S/C11H13FN2O/c12-8-3-5-9(6-4-8)14-11(15)10-2-1-7-13-10/h3-6,10,13H,1-2,7H2,(H,14,15). The van der Waals surface area contributed by atoms with Crippen molar-refractivity contribution in [1.29, 1.82) is 0 Å². The Hall–Kier alpha value is -1.42. The van der Waals surface area contributed by atoms with Crippen LogP contribution < -0.4 is 10.6 Å². The molecular weight excluding hydrogens is 195 g/mol. The molecule has 3 nitrogen and oxygen atoms in total. The van der Waals surface area contributed by atoms with Gasteiger partial charge in [0.05, 0.1) is 6.04 Å². The van der Waals surface area contributed by atoms with Crippen molar-refractivity contribution < 1.29 is 9.18 Å². The lowest BCUT2D eigenvalue weighted by Crippen LogP contribution is -2.35. The average molecular weight is 208 g/mol. The maximum atomic E-state index is 12.6. The predicted octanol–water partition coefficient (Wildman–Crippen LogP) is 1.52. The summed E-state index contributed by atoms with van der Waals surface area (Å²) in [7, 11) is 0. The third-order valence-electron chi connectivity index (χ3n) is 2.49. The molecular formula is C11H13FN2O. The zero-order valence-corrected chi connectivity index (χ0v) is 8.29. The molecule has 1 aromatic rings. The Kier molecular flexibility index (Phi) is 2.97. The van der Waals surface area contributed by atoms with Crippen LogP contribution in [0, 0.1) is 5.82 Å². The Bertz CT molecular complexity index is 344. The zero-order valence-electron chi connectivity index (χ0n) is 8.29. The van der Waals surface area contributed by atoms with Crippen molar-refractivity contribution >= 4 is 11.6 Å². The van der Waals surface area contributed by atoms with Crippen molar-refractivity contribution in [2.75, 3.05) is 11.9 Å². The summed E-state index contributed by atoms with van der Waals surface area (Å²) in [5, 5.41) is 5.84. The van der Waals surface area contributed by atoms with Gasteiger partial charge in [-0.2, -0.15) is 0 Å². The SMILES string of the molecule is O=C(Nc1ccc(F)cc1)C1CCCN1. The molecule has 1 heterocycles. The van der Waals surface area contributed by atoms with E-state index in [1.807, 2.05) is 0 Å². The lowest BCUT2D eigenvalue weighted by Gasteiger charge is -2.10. The molecule has 0 saturated carbocycles. The van der Waals surface area contributed by atoms with Gasteiger partial charge in [0.25, 0.3) is 0 Å². The molecule has 0 bridgehead atoms. The van der Waals surface area contributed by atoms with Crippen LogP contribution in [0.5, 0.6) is 0 Å². The summed E-state index contributed by atoms with van der Waals surface area (Å²) in [6, 6.07) is 5.68. The fourth-order valence-corrected chi connectivity index (χ4v) is 1.67. The minimum absolute atomic E-state index is 0.0425. The number of hydrogen-bond acceptors (Lipinski definition) is 2. The first kappa shape index (κ1) is 10.1. The van der Waals surface area contributed by atoms with E-state index in [0.29, 0.717) is 5.69 Å². The molecule has 0 aromatic heterocycles. The van der Waals surface area contributed by atoms with Crippen LogP contribution in [0.25, 0.3) is 0 Å². The highest BCUT2D eigenvalue weighted by atomic mass is 19.1. The van der Waals surface area contributed by atoms with Crippen LogP contribution >= 0.6 is 0 Å². The molecule has 1 amide bonds. The van der Waals surface area contributed by atoms with Crippen molar-refractivity contribution in [3.63, 3.8) is 0 Å². The van der Waals surface area contributed by atoms with Crippen LogP contribution in [0.4, 0.5) is 10.1 Å². The van der Waals surface area contributed by atoms with Gasteiger partial charge in [0.2, 0.25) is 5.91 Å². The summed E-state index contributed by atoms with van der Waals surface area (Å²) in [6.07, 6.45) is 1.90. The Morgan fingerprint density at radius 1 is 1.40 bits per heavy atom. The van der Waals surface area contributed by atoms with Crippen LogP contribution in [-0.4, -0.2) is 18.5 Å². The van der Waals surface area contributed by atoms with Gasteiger partial charge in [0.15, 0.2) is 0 Å². The number of carbonyl (C=O) groups excluding carboxylic acids is 1. The van der Waals surface area contributed by atoms with Crippen LogP contribution in [0.2, 0.25) is 0 Å². The molecule has 1 saturated heterocycles. The smallest absolute Gasteiger partial charge is 0.241 e. The first-order valence-corrected chi connectivity index (χ1v) is 5.05. The van der Waals surface area contributed by atoms with Gasteiger partial charge in [-0.3, -0.25) is 4.79 Å². The number of halogens is 1. The maximum Gasteiger partial charge on any atom is 0.241 e. The zero-order chi connectivity index (χ0) is 10.7. The maximum absolute atomic E-state index is 12.6. The van der Waals surface area contributed by atoms with E-state index in [4.69, 9.17) is 0 Å². The Labute approximate surface area is 87.7 Å². The number of benzene rings is 1. The summed E-state index contributed by atoms with van der Waals surface area (Å²) in [5.41, 5.74) is 0.634. The molecule has 4 heteroatoms. The van der Waals surface area contributed by atoms with Crippen LogP contribution in [0.1, 0.15) is 12.8 Å². The summed E-state index contributed by atoms with van der Waals surface area (Å²) >= 11 is 0. The largest absolute Gasteiger partial charge is 0.325 e. The summed E-state index contributed by atoms with van der Waals surface area (Å²) in [6.45, 7) is 0.890.